The van der Waals surface area contributed by atoms with E-state index < -0.39 is 6.85 Å². The highest BCUT2D eigenvalue weighted by molar-refractivity contribution is 5.63. The molecule has 21 heavy (non-hydrogen) atoms. The maximum Gasteiger partial charge on any atom is 0.0276 e. The molecule has 2 aromatic rings. The Morgan fingerprint density at radius 1 is 1.05 bits per heavy atom. The molecule has 1 saturated carbocycles. The smallest absolute Gasteiger partial charge is 0.0276 e. The van der Waals surface area contributed by atoms with Crippen LogP contribution in [0.4, 0.5) is 0 Å². The Balaban J connectivity index is 1.91. The Morgan fingerprint density at radius 3 is 2.43 bits per heavy atom. The summed E-state index contributed by atoms with van der Waals surface area (Å²) in [5, 5.41) is 0. The number of allylic oxidation sites excluding steroid dienone is 1. The van der Waals surface area contributed by atoms with Gasteiger partial charge in [-0.05, 0) is 29.0 Å². The maximum atomic E-state index is 7.91. The van der Waals surface area contributed by atoms with Crippen LogP contribution in [0.3, 0.4) is 0 Å². The van der Waals surface area contributed by atoms with E-state index >= 15 is 0 Å². The van der Waals surface area contributed by atoms with Crippen LogP contribution in [-0.2, 0) is 5.41 Å². The fourth-order valence-electron chi connectivity index (χ4n) is 5.16. The van der Waals surface area contributed by atoms with Crippen molar-refractivity contribution in [1.29, 1.82) is 0 Å². The zero-order valence-electron chi connectivity index (χ0n) is 15.6. The SMILES string of the molecule is [2H]C([2H])([2H])C(=C)[C@H]1c2ccccc2[C@]2(C)[C@H](c3ccccc3)[C@]12C. The lowest BCUT2D eigenvalue weighted by atomic mass is 9.79. The Kier molecular flexibility index (Phi) is 1.85. The van der Waals surface area contributed by atoms with Crippen LogP contribution in [0, 0.1) is 5.41 Å². The van der Waals surface area contributed by atoms with Gasteiger partial charge in [0.25, 0.3) is 0 Å². The fraction of sp³-hybridized carbons (Fsp3) is 0.333. The molecule has 4 atom stereocenters. The van der Waals surface area contributed by atoms with E-state index in [2.05, 4.69) is 62.9 Å². The van der Waals surface area contributed by atoms with Crippen molar-refractivity contribution in [1.82, 2.24) is 0 Å². The van der Waals surface area contributed by atoms with Gasteiger partial charge in [0.1, 0.15) is 0 Å². The van der Waals surface area contributed by atoms with Crippen LogP contribution >= 0.6 is 0 Å². The predicted octanol–water partition coefficient (Wildman–Crippen LogP) is 5.42. The third-order valence-electron chi connectivity index (χ3n) is 6.13. The Labute approximate surface area is 131 Å². The molecule has 0 radical (unpaired) electrons. The van der Waals surface area contributed by atoms with E-state index in [0.29, 0.717) is 11.5 Å². The minimum absolute atomic E-state index is 0.0379. The monoisotopic (exact) mass is 277 g/mol. The zero-order chi connectivity index (χ0) is 17.3. The lowest BCUT2D eigenvalue weighted by Gasteiger charge is -2.24. The summed E-state index contributed by atoms with van der Waals surface area (Å²) < 4.78 is 23.7. The number of hydrogen-bond donors (Lipinski definition) is 0. The third-order valence-corrected chi connectivity index (χ3v) is 6.13. The first-order valence-electron chi connectivity index (χ1n) is 9.07. The van der Waals surface area contributed by atoms with Crippen LogP contribution in [0.15, 0.2) is 66.7 Å². The van der Waals surface area contributed by atoms with E-state index in [4.69, 9.17) is 4.11 Å². The molecule has 0 bridgehead atoms. The quantitative estimate of drug-likeness (QED) is 0.643. The lowest BCUT2D eigenvalue weighted by Crippen LogP contribution is -2.12. The number of rotatable bonds is 2. The highest BCUT2D eigenvalue weighted by Gasteiger charge is 2.78. The topological polar surface area (TPSA) is 0 Å². The summed E-state index contributed by atoms with van der Waals surface area (Å²) in [5.74, 6) is 0.196. The fourth-order valence-corrected chi connectivity index (χ4v) is 5.16. The van der Waals surface area contributed by atoms with E-state index in [1.807, 2.05) is 12.1 Å². The largest absolute Gasteiger partial charge is 0.0995 e. The lowest BCUT2D eigenvalue weighted by molar-refractivity contribution is 0.449. The molecule has 0 unspecified atom stereocenters. The van der Waals surface area contributed by atoms with E-state index in [1.54, 1.807) is 0 Å². The molecular weight excluding hydrogens is 252 g/mol. The Hall–Kier alpha value is -1.82. The highest BCUT2D eigenvalue weighted by Crippen LogP contribution is 2.84. The molecule has 0 nitrogen and oxygen atoms in total. The second-order valence-corrected chi connectivity index (χ2v) is 6.87. The molecule has 0 heteroatoms. The average molecular weight is 277 g/mol. The van der Waals surface area contributed by atoms with Gasteiger partial charge in [0.2, 0.25) is 0 Å². The van der Waals surface area contributed by atoms with Crippen LogP contribution in [0.5, 0.6) is 0 Å². The summed E-state index contributed by atoms with van der Waals surface area (Å²) in [6, 6.07) is 18.8. The molecule has 2 aliphatic rings. The molecule has 0 saturated heterocycles. The van der Waals surface area contributed by atoms with E-state index in [9.17, 15) is 0 Å². The standard InChI is InChI=1S/C21H22/c1-14(2)18-16-12-8-9-13-17(16)20(3)19(21(18,20)4)15-10-6-5-7-11-15/h5-13,18-19H,1H2,2-4H3/t18-,19-,20+,21-/m0/s1/i2D3. The third kappa shape index (κ3) is 1.31. The van der Waals surface area contributed by atoms with Crippen LogP contribution in [0.2, 0.25) is 0 Å². The number of hydrogen-bond acceptors (Lipinski definition) is 0. The molecule has 0 heterocycles. The van der Waals surface area contributed by atoms with Gasteiger partial charge >= 0.3 is 0 Å². The van der Waals surface area contributed by atoms with Crippen molar-refractivity contribution in [2.45, 2.75) is 38.0 Å². The molecule has 2 aromatic carbocycles. The van der Waals surface area contributed by atoms with Crippen LogP contribution in [0.25, 0.3) is 0 Å². The van der Waals surface area contributed by atoms with Gasteiger partial charge in [0, 0.05) is 21.4 Å². The summed E-state index contributed by atoms with van der Waals surface area (Å²) in [4.78, 5) is 0. The van der Waals surface area contributed by atoms with E-state index in [-0.39, 0.29) is 16.7 Å². The van der Waals surface area contributed by atoms with Crippen LogP contribution in [-0.4, -0.2) is 0 Å². The molecule has 4 rings (SSSR count). The van der Waals surface area contributed by atoms with Gasteiger partial charge in [-0.25, -0.2) is 0 Å². The normalized spacial score (nSPS) is 38.7. The van der Waals surface area contributed by atoms with Crippen molar-refractivity contribution in [3.63, 3.8) is 0 Å². The van der Waals surface area contributed by atoms with Crippen molar-refractivity contribution in [3.8, 4) is 0 Å². The Bertz CT molecular complexity index is 820. The molecule has 2 aliphatic carbocycles. The van der Waals surface area contributed by atoms with Gasteiger partial charge in [-0.15, -0.1) is 0 Å². The summed E-state index contributed by atoms with van der Waals surface area (Å²) in [5.41, 5.74) is 3.93. The molecule has 0 amide bonds. The second kappa shape index (κ2) is 3.88. The first-order chi connectivity index (χ1) is 11.2. The van der Waals surface area contributed by atoms with Gasteiger partial charge in [-0.1, -0.05) is 80.6 Å². The second-order valence-electron chi connectivity index (χ2n) is 6.87. The van der Waals surface area contributed by atoms with Crippen molar-refractivity contribution in [3.05, 3.63) is 83.4 Å². The van der Waals surface area contributed by atoms with Crippen molar-refractivity contribution in [2.24, 2.45) is 5.41 Å². The summed E-state index contributed by atoms with van der Waals surface area (Å²) >= 11 is 0. The van der Waals surface area contributed by atoms with Crippen LogP contribution < -0.4 is 0 Å². The van der Waals surface area contributed by atoms with E-state index in [1.165, 1.54) is 11.1 Å². The number of fused-ring (bicyclic) bond motifs is 3. The van der Waals surface area contributed by atoms with Gasteiger partial charge in [0.05, 0.1) is 0 Å². The molecule has 0 spiro atoms. The van der Waals surface area contributed by atoms with Crippen LogP contribution in [0.1, 0.15) is 53.3 Å². The van der Waals surface area contributed by atoms with Gasteiger partial charge in [0.15, 0.2) is 0 Å². The molecule has 0 aliphatic heterocycles. The molecule has 1 fully saturated rings. The number of benzene rings is 2. The molecule has 0 aromatic heterocycles. The minimum Gasteiger partial charge on any atom is -0.0995 e. The first kappa shape index (κ1) is 10.00. The highest BCUT2D eigenvalue weighted by atomic mass is 14.8. The first-order valence-corrected chi connectivity index (χ1v) is 7.57. The van der Waals surface area contributed by atoms with Crippen molar-refractivity contribution in [2.75, 3.05) is 0 Å². The van der Waals surface area contributed by atoms with Gasteiger partial charge in [-0.2, -0.15) is 0 Å². The maximum absolute atomic E-state index is 7.91. The van der Waals surface area contributed by atoms with Crippen molar-refractivity contribution < 1.29 is 4.11 Å². The summed E-state index contributed by atoms with van der Waals surface area (Å²) in [7, 11) is 0. The zero-order valence-corrected chi connectivity index (χ0v) is 12.6. The molecule has 106 valence electrons. The predicted molar refractivity (Wildman–Crippen MR) is 88.6 cm³/mol. The van der Waals surface area contributed by atoms with E-state index in [0.717, 1.165) is 5.56 Å². The Morgan fingerprint density at radius 2 is 1.71 bits per heavy atom. The van der Waals surface area contributed by atoms with Gasteiger partial charge in [-0.3, -0.25) is 0 Å². The molecular formula is C21H22. The minimum atomic E-state index is -2.13. The summed E-state index contributed by atoms with van der Waals surface area (Å²) in [6.07, 6.45) is 0. The molecule has 0 N–H and O–H groups in total. The summed E-state index contributed by atoms with van der Waals surface area (Å²) in [6.45, 7) is 6.43. The van der Waals surface area contributed by atoms with Gasteiger partial charge < -0.3 is 0 Å². The van der Waals surface area contributed by atoms with Crippen molar-refractivity contribution >= 4 is 0 Å². The average Bonchev–Trinajstić information content (AvgIpc) is 2.97.